The topological polar surface area (TPSA) is 62.7 Å². The van der Waals surface area contributed by atoms with E-state index in [1.807, 2.05) is 37.4 Å². The number of anilines is 1. The van der Waals surface area contributed by atoms with E-state index in [0.29, 0.717) is 11.6 Å². The Kier molecular flexibility index (Phi) is 3.08. The predicted octanol–water partition coefficient (Wildman–Crippen LogP) is 3.56. The molecule has 1 amide bonds. The van der Waals surface area contributed by atoms with Crippen LogP contribution in [-0.4, -0.2) is 20.4 Å². The van der Waals surface area contributed by atoms with Crippen LogP contribution < -0.4 is 5.32 Å². The molecule has 1 atom stereocenters. The molecule has 23 heavy (non-hydrogen) atoms. The van der Waals surface area contributed by atoms with Crippen LogP contribution >= 0.6 is 0 Å². The van der Waals surface area contributed by atoms with Crippen molar-refractivity contribution in [2.45, 2.75) is 26.3 Å². The maximum Gasteiger partial charge on any atom is 0.257 e. The molecule has 2 N–H and O–H groups in total. The van der Waals surface area contributed by atoms with Crippen molar-refractivity contribution in [3.05, 3.63) is 59.7 Å². The number of rotatable bonds is 2. The lowest BCUT2D eigenvalue weighted by Crippen LogP contribution is -2.18. The first kappa shape index (κ1) is 13.8. The highest BCUT2D eigenvalue weighted by Crippen LogP contribution is 2.35. The van der Waals surface area contributed by atoms with Gasteiger partial charge >= 0.3 is 0 Å². The average molecular weight is 306 g/mol. The molecule has 0 unspecified atom stereocenters. The number of hydrogen-bond acceptors (Lipinski definition) is 2. The molecule has 1 aliphatic heterocycles. The number of H-pyrrole nitrogens is 1. The number of carbonyl (C=O) groups is 1. The van der Waals surface area contributed by atoms with Gasteiger partial charge in [-0.1, -0.05) is 17.7 Å². The van der Waals surface area contributed by atoms with Crippen molar-refractivity contribution in [3.8, 4) is 11.4 Å². The van der Waals surface area contributed by atoms with Gasteiger partial charge in [-0.3, -0.25) is 4.79 Å². The Balaban J connectivity index is 1.70. The summed E-state index contributed by atoms with van der Waals surface area (Å²) in [5.74, 6) is 0.740. The molecule has 0 aliphatic carbocycles. The summed E-state index contributed by atoms with van der Waals surface area (Å²) >= 11 is 0. The van der Waals surface area contributed by atoms with E-state index in [1.54, 1.807) is 12.4 Å². The van der Waals surface area contributed by atoms with Crippen LogP contribution in [0.5, 0.6) is 0 Å². The van der Waals surface area contributed by atoms with E-state index in [9.17, 15) is 4.79 Å². The van der Waals surface area contributed by atoms with Crippen LogP contribution in [0.4, 0.5) is 5.69 Å². The number of benzene rings is 1. The van der Waals surface area contributed by atoms with E-state index in [4.69, 9.17) is 0 Å². The second kappa shape index (κ2) is 5.12. The van der Waals surface area contributed by atoms with Gasteiger partial charge in [0.1, 0.15) is 5.82 Å². The minimum absolute atomic E-state index is 0.115. The fourth-order valence-electron chi connectivity index (χ4n) is 3.15. The molecule has 5 nitrogen and oxygen atoms in total. The minimum atomic E-state index is -0.115. The number of aromatic amines is 1. The summed E-state index contributed by atoms with van der Waals surface area (Å²) in [6, 6.07) is 8.13. The predicted molar refractivity (Wildman–Crippen MR) is 89.6 cm³/mol. The minimum Gasteiger partial charge on any atom is -0.364 e. The van der Waals surface area contributed by atoms with Gasteiger partial charge in [-0.25, -0.2) is 4.98 Å². The molecule has 116 valence electrons. The van der Waals surface area contributed by atoms with Gasteiger partial charge < -0.3 is 14.9 Å². The van der Waals surface area contributed by atoms with Crippen molar-refractivity contribution in [2.75, 3.05) is 5.32 Å². The van der Waals surface area contributed by atoms with Gasteiger partial charge in [0.05, 0.1) is 11.1 Å². The Bertz CT molecular complexity index is 873. The van der Waals surface area contributed by atoms with Gasteiger partial charge in [-0.2, -0.15) is 0 Å². The highest BCUT2D eigenvalue weighted by Gasteiger charge is 2.28. The largest absolute Gasteiger partial charge is 0.364 e. The third-order valence-electron chi connectivity index (χ3n) is 4.38. The van der Waals surface area contributed by atoms with Crippen LogP contribution in [0.2, 0.25) is 0 Å². The van der Waals surface area contributed by atoms with Crippen molar-refractivity contribution in [1.82, 2.24) is 14.5 Å². The van der Waals surface area contributed by atoms with Crippen molar-refractivity contribution in [3.63, 3.8) is 0 Å². The fourth-order valence-corrected chi connectivity index (χ4v) is 3.15. The Labute approximate surface area is 134 Å². The molecule has 0 fully saturated rings. The third-order valence-corrected chi connectivity index (χ3v) is 4.38. The first-order valence-corrected chi connectivity index (χ1v) is 7.75. The SMILES string of the molecule is Cc1ccc(NC(=O)c2c[nH]c3c2-c2nccn2[C@H](C)C3)cc1. The maximum atomic E-state index is 12.7. The lowest BCUT2D eigenvalue weighted by Gasteiger charge is -2.22. The summed E-state index contributed by atoms with van der Waals surface area (Å²) in [6.07, 6.45) is 6.41. The van der Waals surface area contributed by atoms with Gasteiger partial charge in [-0.15, -0.1) is 0 Å². The number of nitrogens with zero attached hydrogens (tertiary/aromatic N) is 2. The van der Waals surface area contributed by atoms with Gasteiger partial charge in [0.15, 0.2) is 0 Å². The van der Waals surface area contributed by atoms with Crippen LogP contribution in [0.1, 0.15) is 34.6 Å². The summed E-state index contributed by atoms with van der Waals surface area (Å²) in [5, 5.41) is 2.96. The molecule has 1 aromatic carbocycles. The molecule has 0 saturated heterocycles. The first-order chi connectivity index (χ1) is 11.1. The number of aromatic nitrogens is 3. The van der Waals surface area contributed by atoms with Gasteiger partial charge in [0, 0.05) is 42.4 Å². The number of hydrogen-bond donors (Lipinski definition) is 2. The molecule has 1 aliphatic rings. The Hall–Kier alpha value is -2.82. The van der Waals surface area contributed by atoms with Crippen LogP contribution in [0, 0.1) is 6.92 Å². The van der Waals surface area contributed by atoms with Gasteiger partial charge in [0.2, 0.25) is 0 Å². The Morgan fingerprint density at radius 2 is 2.13 bits per heavy atom. The van der Waals surface area contributed by atoms with Crippen molar-refractivity contribution in [1.29, 1.82) is 0 Å². The molecular formula is C18H18N4O. The van der Waals surface area contributed by atoms with Crippen molar-refractivity contribution < 1.29 is 4.79 Å². The number of fused-ring (bicyclic) bond motifs is 3. The molecule has 0 saturated carbocycles. The van der Waals surface area contributed by atoms with Crippen molar-refractivity contribution in [2.24, 2.45) is 0 Å². The Morgan fingerprint density at radius 1 is 1.35 bits per heavy atom. The smallest absolute Gasteiger partial charge is 0.257 e. The monoisotopic (exact) mass is 306 g/mol. The summed E-state index contributed by atoms with van der Waals surface area (Å²) in [7, 11) is 0. The van der Waals surface area contributed by atoms with E-state index < -0.39 is 0 Å². The molecular weight excluding hydrogens is 288 g/mol. The van der Waals surface area contributed by atoms with Crippen molar-refractivity contribution >= 4 is 11.6 Å². The van der Waals surface area contributed by atoms with Gasteiger partial charge in [0.25, 0.3) is 5.91 Å². The average Bonchev–Trinajstić information content (AvgIpc) is 3.15. The number of aryl methyl sites for hydroxylation is 1. The van der Waals surface area contributed by atoms with E-state index in [-0.39, 0.29) is 5.91 Å². The molecule has 5 heteroatoms. The molecule has 2 aromatic heterocycles. The zero-order valence-corrected chi connectivity index (χ0v) is 13.1. The Morgan fingerprint density at radius 3 is 2.91 bits per heavy atom. The molecule has 0 radical (unpaired) electrons. The number of carbonyl (C=O) groups excluding carboxylic acids is 1. The summed E-state index contributed by atoms with van der Waals surface area (Å²) < 4.78 is 2.12. The highest BCUT2D eigenvalue weighted by molar-refractivity contribution is 6.08. The molecule has 0 spiro atoms. The zero-order chi connectivity index (χ0) is 16.0. The highest BCUT2D eigenvalue weighted by atomic mass is 16.1. The molecule has 4 rings (SSSR count). The number of amides is 1. The quantitative estimate of drug-likeness (QED) is 0.760. The van der Waals surface area contributed by atoms with E-state index in [2.05, 4.69) is 26.8 Å². The standard InChI is InChI=1S/C18H18N4O/c1-11-3-5-13(6-4-11)21-18(23)14-10-20-15-9-12(2)22-8-7-19-17(22)16(14)15/h3-8,10,12,20H,9H2,1-2H3,(H,21,23)/t12-/m1/s1. The summed E-state index contributed by atoms with van der Waals surface area (Å²) in [6.45, 7) is 4.18. The van der Waals surface area contributed by atoms with Gasteiger partial charge in [-0.05, 0) is 26.0 Å². The third kappa shape index (κ3) is 2.25. The number of nitrogens with one attached hydrogen (secondary N) is 2. The van der Waals surface area contributed by atoms with E-state index in [1.165, 1.54) is 0 Å². The summed E-state index contributed by atoms with van der Waals surface area (Å²) in [5.41, 5.74) is 4.59. The van der Waals surface area contributed by atoms with Crippen LogP contribution in [-0.2, 0) is 6.42 Å². The zero-order valence-electron chi connectivity index (χ0n) is 13.1. The lowest BCUT2D eigenvalue weighted by atomic mass is 10.0. The van der Waals surface area contributed by atoms with E-state index >= 15 is 0 Å². The second-order valence-corrected chi connectivity index (χ2v) is 6.09. The van der Waals surface area contributed by atoms with Crippen LogP contribution in [0.25, 0.3) is 11.4 Å². The summed E-state index contributed by atoms with van der Waals surface area (Å²) in [4.78, 5) is 20.4. The molecule has 3 aromatic rings. The second-order valence-electron chi connectivity index (χ2n) is 6.09. The normalized spacial score (nSPS) is 15.8. The fraction of sp³-hybridized carbons (Fsp3) is 0.222. The first-order valence-electron chi connectivity index (χ1n) is 7.75. The number of imidazole rings is 1. The van der Waals surface area contributed by atoms with Crippen LogP contribution in [0.15, 0.2) is 42.9 Å². The van der Waals surface area contributed by atoms with E-state index in [0.717, 1.165) is 34.8 Å². The lowest BCUT2D eigenvalue weighted by molar-refractivity contribution is 0.102. The van der Waals surface area contributed by atoms with Crippen LogP contribution in [0.3, 0.4) is 0 Å². The maximum absolute atomic E-state index is 12.7. The molecule has 0 bridgehead atoms. The molecule has 3 heterocycles.